The Hall–Kier alpha value is -0.950. The molecular formula is C13H15F3N2S2. The summed E-state index contributed by atoms with van der Waals surface area (Å²) < 4.78 is 38.9. The van der Waals surface area contributed by atoms with Crippen LogP contribution in [0.2, 0.25) is 0 Å². The van der Waals surface area contributed by atoms with Crippen LogP contribution in [0.25, 0.3) is 0 Å². The lowest BCUT2D eigenvalue weighted by Gasteiger charge is -2.16. The molecule has 1 saturated heterocycles. The van der Waals surface area contributed by atoms with Gasteiger partial charge in [0.25, 0.3) is 0 Å². The maximum atomic E-state index is 13.0. The van der Waals surface area contributed by atoms with Crippen LogP contribution in [-0.2, 0) is 6.18 Å². The van der Waals surface area contributed by atoms with E-state index in [1.54, 1.807) is 6.07 Å². The van der Waals surface area contributed by atoms with E-state index >= 15 is 0 Å². The van der Waals surface area contributed by atoms with E-state index in [4.69, 9.17) is 5.73 Å². The minimum atomic E-state index is -4.46. The summed E-state index contributed by atoms with van der Waals surface area (Å²) in [6.45, 7) is 0.675. The number of hydrogen-bond acceptors (Lipinski definition) is 3. The van der Waals surface area contributed by atoms with Crippen LogP contribution < -0.4 is 11.1 Å². The van der Waals surface area contributed by atoms with Gasteiger partial charge in [-0.1, -0.05) is 12.2 Å². The van der Waals surface area contributed by atoms with Gasteiger partial charge in [-0.05, 0) is 36.8 Å². The lowest BCUT2D eigenvalue weighted by molar-refractivity contribution is -0.137. The first-order valence-electron chi connectivity index (χ1n) is 6.24. The number of nitrogens with one attached hydrogen (secondary N) is 1. The normalized spacial score (nSPS) is 19.1. The number of hydrogen-bond donors (Lipinski definition) is 2. The number of alkyl halides is 3. The Morgan fingerprint density at radius 2 is 2.20 bits per heavy atom. The van der Waals surface area contributed by atoms with E-state index in [1.165, 1.54) is 12.5 Å². The smallest absolute Gasteiger partial charge is 0.389 e. The molecule has 0 radical (unpaired) electrons. The minimum Gasteiger partial charge on any atom is -0.389 e. The van der Waals surface area contributed by atoms with E-state index in [0.717, 1.165) is 18.2 Å². The van der Waals surface area contributed by atoms with Crippen molar-refractivity contribution < 1.29 is 13.2 Å². The maximum Gasteiger partial charge on any atom is 0.417 e. The zero-order valence-electron chi connectivity index (χ0n) is 10.7. The highest BCUT2D eigenvalue weighted by atomic mass is 32.2. The van der Waals surface area contributed by atoms with Crippen LogP contribution in [0.1, 0.15) is 24.0 Å². The molecule has 110 valence electrons. The number of anilines is 1. The maximum absolute atomic E-state index is 13.0. The summed E-state index contributed by atoms with van der Waals surface area (Å²) in [7, 11) is 0. The second-order valence-electron chi connectivity index (χ2n) is 4.64. The molecule has 1 fully saturated rings. The van der Waals surface area contributed by atoms with Crippen molar-refractivity contribution in [2.24, 2.45) is 5.73 Å². The fourth-order valence-corrected chi connectivity index (χ4v) is 3.52. The largest absolute Gasteiger partial charge is 0.417 e. The highest BCUT2D eigenvalue weighted by molar-refractivity contribution is 8.00. The molecule has 1 aliphatic heterocycles. The van der Waals surface area contributed by atoms with Gasteiger partial charge in [-0.2, -0.15) is 24.9 Å². The van der Waals surface area contributed by atoms with Gasteiger partial charge in [0.1, 0.15) is 4.99 Å². The second-order valence-corrected chi connectivity index (χ2v) is 6.49. The third-order valence-electron chi connectivity index (χ3n) is 3.15. The van der Waals surface area contributed by atoms with Crippen molar-refractivity contribution in [2.45, 2.75) is 24.3 Å². The summed E-state index contributed by atoms with van der Waals surface area (Å²) in [5.74, 6) is 1.13. The molecule has 1 aliphatic rings. The zero-order chi connectivity index (χ0) is 14.8. The predicted octanol–water partition coefficient (Wildman–Crippen LogP) is 3.65. The van der Waals surface area contributed by atoms with E-state index in [2.05, 4.69) is 17.5 Å². The van der Waals surface area contributed by atoms with Crippen LogP contribution >= 0.6 is 24.0 Å². The second kappa shape index (κ2) is 6.22. The third kappa shape index (κ3) is 3.79. The summed E-state index contributed by atoms with van der Waals surface area (Å²) in [6.07, 6.45) is -2.18. The van der Waals surface area contributed by atoms with E-state index in [1.807, 2.05) is 11.8 Å². The van der Waals surface area contributed by atoms with Crippen molar-refractivity contribution >= 4 is 34.7 Å². The van der Waals surface area contributed by atoms with E-state index < -0.39 is 11.7 Å². The van der Waals surface area contributed by atoms with Crippen LogP contribution in [0.4, 0.5) is 18.9 Å². The minimum absolute atomic E-state index is 0.131. The molecule has 0 amide bonds. The van der Waals surface area contributed by atoms with Crippen molar-refractivity contribution in [1.29, 1.82) is 0 Å². The number of nitrogens with two attached hydrogens (primary N) is 1. The number of thiocarbonyl (C=S) groups is 1. The van der Waals surface area contributed by atoms with Crippen molar-refractivity contribution in [2.75, 3.05) is 17.6 Å². The molecule has 0 spiro atoms. The van der Waals surface area contributed by atoms with Gasteiger partial charge in [0.05, 0.1) is 5.56 Å². The molecule has 1 unspecified atom stereocenters. The van der Waals surface area contributed by atoms with Crippen LogP contribution in [0, 0.1) is 0 Å². The molecule has 0 saturated carbocycles. The van der Waals surface area contributed by atoms with Crippen molar-refractivity contribution in [3.63, 3.8) is 0 Å². The molecule has 1 aromatic rings. The van der Waals surface area contributed by atoms with Gasteiger partial charge in [0.2, 0.25) is 0 Å². The average Bonchev–Trinajstić information content (AvgIpc) is 2.88. The lowest BCUT2D eigenvalue weighted by atomic mass is 10.1. The first-order valence-corrected chi connectivity index (χ1v) is 7.70. The van der Waals surface area contributed by atoms with Gasteiger partial charge in [0.15, 0.2) is 0 Å². The standard InChI is InChI=1S/C13H15F3N2S2/c14-13(15,16)11-6-8(3-4-10(11)12(17)19)18-7-9-2-1-5-20-9/h3-4,6,9,18H,1-2,5,7H2,(H2,17,19). The molecular weight excluding hydrogens is 305 g/mol. The van der Waals surface area contributed by atoms with Crippen molar-refractivity contribution in [3.8, 4) is 0 Å². The Bertz CT molecular complexity index is 497. The van der Waals surface area contributed by atoms with Gasteiger partial charge in [-0.25, -0.2) is 0 Å². The topological polar surface area (TPSA) is 38.0 Å². The Morgan fingerprint density at radius 1 is 1.45 bits per heavy atom. The molecule has 0 bridgehead atoms. The van der Waals surface area contributed by atoms with Crippen molar-refractivity contribution in [1.82, 2.24) is 0 Å². The predicted molar refractivity (Wildman–Crippen MR) is 81.3 cm³/mol. The van der Waals surface area contributed by atoms with Crippen LogP contribution in [0.5, 0.6) is 0 Å². The summed E-state index contributed by atoms with van der Waals surface area (Å²) in [5, 5.41) is 3.53. The van der Waals surface area contributed by atoms with E-state index in [-0.39, 0.29) is 10.6 Å². The van der Waals surface area contributed by atoms with E-state index in [9.17, 15) is 13.2 Å². The molecule has 2 nitrogen and oxygen atoms in total. The molecule has 2 rings (SSSR count). The van der Waals surface area contributed by atoms with Gasteiger partial charge in [-0.15, -0.1) is 0 Å². The van der Waals surface area contributed by atoms with Crippen LogP contribution in [0.15, 0.2) is 18.2 Å². The first-order chi connectivity index (χ1) is 9.38. The molecule has 1 heterocycles. The van der Waals surface area contributed by atoms with Crippen LogP contribution in [-0.4, -0.2) is 22.5 Å². The SMILES string of the molecule is NC(=S)c1ccc(NCC2CCCS2)cc1C(F)(F)F. The first kappa shape index (κ1) is 15.4. The summed E-state index contributed by atoms with van der Waals surface area (Å²) in [5.41, 5.74) is 4.88. The lowest BCUT2D eigenvalue weighted by Crippen LogP contribution is -2.19. The summed E-state index contributed by atoms with van der Waals surface area (Å²) in [4.78, 5) is -0.241. The fourth-order valence-electron chi connectivity index (χ4n) is 2.14. The molecule has 1 aromatic carbocycles. The Labute approximate surface area is 125 Å². The third-order valence-corrected chi connectivity index (χ3v) is 4.77. The molecule has 7 heteroatoms. The van der Waals surface area contributed by atoms with Crippen molar-refractivity contribution in [3.05, 3.63) is 29.3 Å². The molecule has 20 heavy (non-hydrogen) atoms. The summed E-state index contributed by atoms with van der Waals surface area (Å²) in [6, 6.07) is 3.99. The summed E-state index contributed by atoms with van der Waals surface area (Å²) >= 11 is 6.52. The Balaban J connectivity index is 2.16. The average molecular weight is 320 g/mol. The number of benzene rings is 1. The fraction of sp³-hybridized carbons (Fsp3) is 0.462. The zero-order valence-corrected chi connectivity index (χ0v) is 12.3. The monoisotopic (exact) mass is 320 g/mol. The van der Waals surface area contributed by atoms with E-state index in [0.29, 0.717) is 17.5 Å². The highest BCUT2D eigenvalue weighted by Gasteiger charge is 2.34. The van der Waals surface area contributed by atoms with Gasteiger partial charge in [0, 0.05) is 23.0 Å². The number of halogens is 3. The molecule has 3 N–H and O–H groups in total. The Kier molecular flexibility index (Phi) is 4.80. The van der Waals surface area contributed by atoms with Crippen LogP contribution in [0.3, 0.4) is 0 Å². The van der Waals surface area contributed by atoms with Gasteiger partial charge < -0.3 is 11.1 Å². The molecule has 0 aromatic heterocycles. The Morgan fingerprint density at radius 3 is 2.75 bits per heavy atom. The molecule has 1 atom stereocenters. The molecule has 0 aliphatic carbocycles. The van der Waals surface area contributed by atoms with Gasteiger partial charge >= 0.3 is 6.18 Å². The number of thioether (sulfide) groups is 1. The number of rotatable bonds is 4. The quantitative estimate of drug-likeness (QED) is 0.831. The van der Waals surface area contributed by atoms with Gasteiger partial charge in [-0.3, -0.25) is 0 Å². The highest BCUT2D eigenvalue weighted by Crippen LogP contribution is 2.34.